The fourth-order valence-corrected chi connectivity index (χ4v) is 4.96. The molecule has 2 aromatic heterocycles. The van der Waals surface area contributed by atoms with Crippen molar-refractivity contribution in [3.8, 4) is 17.2 Å². The maximum absolute atomic E-state index is 12.6. The highest BCUT2D eigenvalue weighted by atomic mass is 79.9. The zero-order valence-corrected chi connectivity index (χ0v) is 25.8. The lowest BCUT2D eigenvalue weighted by atomic mass is 10.2. The fraction of sp³-hybridized carbons (Fsp3) is 0.125. The van der Waals surface area contributed by atoms with Crippen molar-refractivity contribution in [2.24, 2.45) is 5.10 Å². The monoisotopic (exact) mass is 665 g/mol. The molecule has 0 saturated carbocycles. The number of amides is 1. The predicted molar refractivity (Wildman–Crippen MR) is 168 cm³/mol. The number of rotatable bonds is 10. The lowest BCUT2D eigenvalue weighted by Crippen LogP contribution is -2.16. The van der Waals surface area contributed by atoms with Crippen LogP contribution >= 0.6 is 39.1 Å². The minimum atomic E-state index is -0.493. The molecule has 2 heterocycles. The van der Waals surface area contributed by atoms with E-state index in [1.165, 1.54) is 6.21 Å². The number of hydrogen-bond donors (Lipinski definition) is 1. The summed E-state index contributed by atoms with van der Waals surface area (Å²) in [5.74, 6) is 1.40. The maximum Gasteiger partial charge on any atom is 0.307 e. The molecule has 42 heavy (non-hydrogen) atoms. The van der Waals surface area contributed by atoms with E-state index in [4.69, 9.17) is 37.1 Å². The Morgan fingerprint density at radius 2 is 1.67 bits per heavy atom. The van der Waals surface area contributed by atoms with Crippen LogP contribution < -0.4 is 14.9 Å². The predicted octanol–water partition coefficient (Wildman–Crippen LogP) is 8.68. The van der Waals surface area contributed by atoms with Gasteiger partial charge in [0.2, 0.25) is 0 Å². The summed E-state index contributed by atoms with van der Waals surface area (Å²) in [5, 5.41) is 5.02. The second kappa shape index (κ2) is 13.3. The summed E-state index contributed by atoms with van der Waals surface area (Å²) in [6, 6.07) is 26.1. The number of benzene rings is 3. The van der Waals surface area contributed by atoms with Gasteiger partial charge in [-0.05, 0) is 98.3 Å². The lowest BCUT2D eigenvalue weighted by molar-refractivity contribution is 0.0923. The van der Waals surface area contributed by atoms with Gasteiger partial charge < -0.3 is 18.5 Å². The second-order valence-corrected chi connectivity index (χ2v) is 11.1. The van der Waals surface area contributed by atoms with Gasteiger partial charge in [-0.15, -0.1) is 0 Å². The largest absolute Gasteiger partial charge is 0.488 e. The molecule has 0 unspecified atom stereocenters. The summed E-state index contributed by atoms with van der Waals surface area (Å²) in [5.41, 5.74) is 7.40. The number of hydrazone groups is 1. The molecule has 0 aliphatic carbocycles. The molecule has 0 saturated heterocycles. The van der Waals surface area contributed by atoms with Crippen LogP contribution in [0.1, 0.15) is 38.8 Å². The highest BCUT2D eigenvalue weighted by molar-refractivity contribution is 9.10. The standard InChI is InChI=1S/C32H26BrCl2N3O4/c1-20-3-4-21(2)38(20)25-7-9-26(10-8-25)40-19-27-11-14-31(42-27)32(39)37-36-17-23-16-24(33)6-13-30(23)41-18-22-5-12-28(34)29(35)15-22/h3-17H,18-19H2,1-2H3,(H,37,39)/b36-17+. The van der Waals surface area contributed by atoms with Gasteiger partial charge in [-0.1, -0.05) is 45.2 Å². The molecule has 5 aromatic rings. The fourth-order valence-electron chi connectivity index (χ4n) is 4.26. The average molecular weight is 667 g/mol. The number of nitrogens with zero attached hydrogens (tertiary/aromatic N) is 2. The third-order valence-corrected chi connectivity index (χ3v) is 7.58. The van der Waals surface area contributed by atoms with Gasteiger partial charge in [-0.3, -0.25) is 4.79 Å². The van der Waals surface area contributed by atoms with Crippen molar-refractivity contribution in [1.29, 1.82) is 0 Å². The van der Waals surface area contributed by atoms with Gasteiger partial charge in [0.15, 0.2) is 5.76 Å². The lowest BCUT2D eigenvalue weighted by Gasteiger charge is -2.10. The van der Waals surface area contributed by atoms with E-state index in [2.05, 4.69) is 57.0 Å². The Bertz CT molecular complexity index is 1730. The van der Waals surface area contributed by atoms with Crippen molar-refractivity contribution < 1.29 is 18.7 Å². The quantitative estimate of drug-likeness (QED) is 0.120. The van der Waals surface area contributed by atoms with Gasteiger partial charge in [0, 0.05) is 27.1 Å². The van der Waals surface area contributed by atoms with Crippen LogP contribution in [0.3, 0.4) is 0 Å². The molecule has 10 heteroatoms. The van der Waals surface area contributed by atoms with E-state index in [0.717, 1.165) is 27.1 Å². The molecular weight excluding hydrogens is 641 g/mol. The number of furan rings is 1. The molecule has 0 atom stereocenters. The van der Waals surface area contributed by atoms with Crippen molar-refractivity contribution in [3.63, 3.8) is 0 Å². The minimum Gasteiger partial charge on any atom is -0.488 e. The highest BCUT2D eigenvalue weighted by Crippen LogP contribution is 2.26. The highest BCUT2D eigenvalue weighted by Gasteiger charge is 2.12. The van der Waals surface area contributed by atoms with E-state index in [9.17, 15) is 4.79 Å². The Morgan fingerprint density at radius 1 is 0.905 bits per heavy atom. The SMILES string of the molecule is Cc1ccc(C)n1-c1ccc(OCc2ccc(C(=O)N/N=C/c3cc(Br)ccc3OCc3ccc(Cl)c(Cl)c3)o2)cc1. The number of halogens is 3. The van der Waals surface area contributed by atoms with Gasteiger partial charge in [0.25, 0.3) is 0 Å². The first-order chi connectivity index (χ1) is 20.3. The van der Waals surface area contributed by atoms with Gasteiger partial charge in [0.1, 0.15) is 30.5 Å². The van der Waals surface area contributed by atoms with E-state index < -0.39 is 5.91 Å². The Morgan fingerprint density at radius 3 is 2.40 bits per heavy atom. The summed E-state index contributed by atoms with van der Waals surface area (Å²) in [7, 11) is 0. The van der Waals surface area contributed by atoms with Crippen LogP contribution in [0.2, 0.25) is 10.0 Å². The smallest absolute Gasteiger partial charge is 0.307 e. The van der Waals surface area contributed by atoms with E-state index in [1.54, 1.807) is 30.3 Å². The molecule has 0 bridgehead atoms. The Labute approximate surface area is 261 Å². The summed E-state index contributed by atoms with van der Waals surface area (Å²) in [6.45, 7) is 4.59. The van der Waals surface area contributed by atoms with Gasteiger partial charge in [0.05, 0.1) is 16.3 Å². The van der Waals surface area contributed by atoms with Crippen LogP contribution in [0, 0.1) is 13.8 Å². The third-order valence-electron chi connectivity index (χ3n) is 6.35. The van der Waals surface area contributed by atoms with Crippen LogP contribution in [0.5, 0.6) is 11.5 Å². The zero-order chi connectivity index (χ0) is 29.6. The van der Waals surface area contributed by atoms with Crippen LogP contribution in [0.4, 0.5) is 0 Å². The first-order valence-corrected chi connectivity index (χ1v) is 14.5. The van der Waals surface area contributed by atoms with E-state index in [-0.39, 0.29) is 19.0 Å². The third kappa shape index (κ3) is 7.26. The van der Waals surface area contributed by atoms with Crippen molar-refractivity contribution in [2.45, 2.75) is 27.1 Å². The van der Waals surface area contributed by atoms with E-state index in [1.807, 2.05) is 42.5 Å². The van der Waals surface area contributed by atoms with Gasteiger partial charge in [-0.25, -0.2) is 5.43 Å². The summed E-state index contributed by atoms with van der Waals surface area (Å²) >= 11 is 15.6. The first-order valence-electron chi connectivity index (χ1n) is 12.9. The van der Waals surface area contributed by atoms with E-state index >= 15 is 0 Å². The first kappa shape index (κ1) is 29.5. The number of carbonyl (C=O) groups is 1. The molecule has 0 aliphatic rings. The molecule has 214 valence electrons. The summed E-state index contributed by atoms with van der Waals surface area (Å²) < 4.78 is 20.5. The van der Waals surface area contributed by atoms with Crippen LogP contribution in [0.15, 0.2) is 98.9 Å². The number of ether oxygens (including phenoxy) is 2. The van der Waals surface area contributed by atoms with Crippen molar-refractivity contribution in [1.82, 2.24) is 9.99 Å². The maximum atomic E-state index is 12.6. The molecular formula is C32H26BrCl2N3O4. The molecule has 5 rings (SSSR count). The molecule has 0 aliphatic heterocycles. The topological polar surface area (TPSA) is 78.0 Å². The molecule has 1 amide bonds. The van der Waals surface area contributed by atoms with Crippen LogP contribution in [-0.2, 0) is 13.2 Å². The van der Waals surface area contributed by atoms with Gasteiger partial charge in [-0.2, -0.15) is 5.10 Å². The number of aryl methyl sites for hydroxylation is 2. The summed E-state index contributed by atoms with van der Waals surface area (Å²) in [6.07, 6.45) is 1.50. The normalized spacial score (nSPS) is 11.2. The number of hydrogen-bond acceptors (Lipinski definition) is 5. The van der Waals surface area contributed by atoms with Crippen molar-refractivity contribution in [2.75, 3.05) is 0 Å². The Balaban J connectivity index is 1.15. The summed E-state index contributed by atoms with van der Waals surface area (Å²) in [4.78, 5) is 12.6. The minimum absolute atomic E-state index is 0.116. The molecule has 3 aromatic carbocycles. The number of nitrogens with one attached hydrogen (secondary N) is 1. The van der Waals surface area contributed by atoms with Crippen LogP contribution in [0.25, 0.3) is 5.69 Å². The average Bonchev–Trinajstić information content (AvgIpc) is 3.59. The molecule has 0 radical (unpaired) electrons. The number of aromatic nitrogens is 1. The molecule has 0 fully saturated rings. The molecule has 1 N–H and O–H groups in total. The van der Waals surface area contributed by atoms with E-state index in [0.29, 0.717) is 32.9 Å². The van der Waals surface area contributed by atoms with Gasteiger partial charge >= 0.3 is 5.91 Å². The molecule has 0 spiro atoms. The van der Waals surface area contributed by atoms with Crippen LogP contribution in [-0.4, -0.2) is 16.7 Å². The van der Waals surface area contributed by atoms with Crippen molar-refractivity contribution in [3.05, 3.63) is 133 Å². The van der Waals surface area contributed by atoms with Crippen molar-refractivity contribution >= 4 is 51.3 Å². The number of carbonyl (C=O) groups excluding carboxylic acids is 1. The second-order valence-electron chi connectivity index (χ2n) is 9.42. The Kier molecular flexibility index (Phi) is 9.37. The Hall–Kier alpha value is -3.98. The molecule has 7 nitrogen and oxygen atoms in total. The zero-order valence-electron chi connectivity index (χ0n) is 22.7.